The van der Waals surface area contributed by atoms with E-state index < -0.39 is 17.2 Å². The van der Waals surface area contributed by atoms with Crippen LogP contribution in [0.25, 0.3) is 0 Å². The lowest BCUT2D eigenvalue weighted by molar-refractivity contribution is 0.231. The molecule has 33 heavy (non-hydrogen) atoms. The number of nitrogens with zero attached hydrogens (tertiary/aromatic N) is 4. The third-order valence-electron chi connectivity index (χ3n) is 4.62. The summed E-state index contributed by atoms with van der Waals surface area (Å²) in [7, 11) is 1.61. The van der Waals surface area contributed by atoms with Crippen molar-refractivity contribution in [2.24, 2.45) is 4.99 Å². The first-order chi connectivity index (χ1) is 15.8. The SMILES string of the molecule is C/N=C/CCn1c(=O)nc(Nc2ccc(OC(C)C)c(F)c2)n(Cc2ccc(Cl)cc2)c1=O. The van der Waals surface area contributed by atoms with Crippen molar-refractivity contribution in [2.45, 2.75) is 39.5 Å². The summed E-state index contributed by atoms with van der Waals surface area (Å²) in [5, 5.41) is 3.45. The number of anilines is 2. The topological polar surface area (TPSA) is 90.5 Å². The molecule has 8 nitrogen and oxygen atoms in total. The van der Waals surface area contributed by atoms with Crippen LogP contribution < -0.4 is 21.4 Å². The van der Waals surface area contributed by atoms with E-state index >= 15 is 0 Å². The normalized spacial score (nSPS) is 11.3. The summed E-state index contributed by atoms with van der Waals surface area (Å²) >= 11 is 5.96. The van der Waals surface area contributed by atoms with Crippen molar-refractivity contribution in [3.63, 3.8) is 0 Å². The quantitative estimate of drug-likeness (QED) is 0.476. The molecule has 0 bridgehead atoms. The Bertz CT molecular complexity index is 1250. The predicted octanol–water partition coefficient (Wildman–Crippen LogP) is 3.87. The van der Waals surface area contributed by atoms with Gasteiger partial charge in [-0.1, -0.05) is 23.7 Å². The number of benzene rings is 2. The van der Waals surface area contributed by atoms with Crippen LogP contribution in [0, 0.1) is 5.82 Å². The molecule has 0 aliphatic rings. The molecule has 0 radical (unpaired) electrons. The second-order valence-corrected chi connectivity index (χ2v) is 7.97. The molecule has 0 saturated heterocycles. The first-order valence-electron chi connectivity index (χ1n) is 10.4. The average molecular weight is 474 g/mol. The molecule has 1 heterocycles. The Hall–Kier alpha value is -3.46. The number of aliphatic imine (C=N–C) groups is 1. The monoisotopic (exact) mass is 473 g/mol. The summed E-state index contributed by atoms with van der Waals surface area (Å²) in [4.78, 5) is 33.7. The van der Waals surface area contributed by atoms with Crippen molar-refractivity contribution < 1.29 is 9.13 Å². The average Bonchev–Trinajstić information content (AvgIpc) is 2.76. The highest BCUT2D eigenvalue weighted by Crippen LogP contribution is 2.24. The molecule has 0 saturated carbocycles. The van der Waals surface area contributed by atoms with E-state index in [-0.39, 0.29) is 30.9 Å². The van der Waals surface area contributed by atoms with Gasteiger partial charge in [0.2, 0.25) is 5.95 Å². The lowest BCUT2D eigenvalue weighted by Crippen LogP contribution is -2.42. The van der Waals surface area contributed by atoms with Crippen molar-refractivity contribution in [2.75, 3.05) is 12.4 Å². The molecule has 1 aromatic heterocycles. The lowest BCUT2D eigenvalue weighted by atomic mass is 10.2. The van der Waals surface area contributed by atoms with E-state index in [1.54, 1.807) is 57.4 Å². The maximum absolute atomic E-state index is 14.4. The van der Waals surface area contributed by atoms with Gasteiger partial charge in [0.1, 0.15) is 0 Å². The fourth-order valence-electron chi connectivity index (χ4n) is 3.10. The van der Waals surface area contributed by atoms with Crippen LogP contribution >= 0.6 is 11.6 Å². The molecule has 3 rings (SSSR count). The van der Waals surface area contributed by atoms with Gasteiger partial charge in [-0.05, 0) is 43.7 Å². The molecule has 0 fully saturated rings. The second-order valence-electron chi connectivity index (χ2n) is 7.53. The highest BCUT2D eigenvalue weighted by atomic mass is 35.5. The van der Waals surface area contributed by atoms with Crippen molar-refractivity contribution in [1.82, 2.24) is 14.1 Å². The fourth-order valence-corrected chi connectivity index (χ4v) is 3.23. The first-order valence-corrected chi connectivity index (χ1v) is 10.8. The summed E-state index contributed by atoms with van der Waals surface area (Å²) < 4.78 is 22.2. The molecule has 174 valence electrons. The largest absolute Gasteiger partial charge is 0.488 e. The standard InChI is InChI=1S/C23H25ClFN5O3/c1-15(2)33-20-10-9-18(13-19(20)25)27-21-28-22(31)29(12-4-11-26-3)23(32)30(21)14-16-5-7-17(24)8-6-16/h5-11,13,15H,4,12,14H2,1-3H3,(H,27,28,31)/b26-11+. The smallest absolute Gasteiger partial charge is 0.354 e. The first kappa shape index (κ1) is 24.2. The zero-order valence-corrected chi connectivity index (χ0v) is 19.3. The van der Waals surface area contributed by atoms with Gasteiger partial charge < -0.3 is 15.0 Å². The number of ether oxygens (including phenoxy) is 1. The number of aromatic nitrogens is 3. The molecule has 2 aromatic carbocycles. The molecule has 3 aromatic rings. The van der Waals surface area contributed by atoms with Gasteiger partial charge >= 0.3 is 11.4 Å². The Morgan fingerprint density at radius 1 is 1.18 bits per heavy atom. The molecular formula is C23H25ClFN5O3. The van der Waals surface area contributed by atoms with Crippen LogP contribution in [0.3, 0.4) is 0 Å². The summed E-state index contributed by atoms with van der Waals surface area (Å²) in [5.74, 6) is -0.472. The number of rotatable bonds is 9. The maximum atomic E-state index is 14.4. The van der Waals surface area contributed by atoms with Gasteiger partial charge in [0.25, 0.3) is 0 Å². The molecule has 0 aliphatic heterocycles. The van der Waals surface area contributed by atoms with Gasteiger partial charge in [-0.25, -0.2) is 18.5 Å². The van der Waals surface area contributed by atoms with Crippen LogP contribution in [-0.2, 0) is 13.1 Å². The van der Waals surface area contributed by atoms with Gasteiger partial charge in [0.15, 0.2) is 11.6 Å². The molecule has 0 spiro atoms. The molecule has 0 atom stereocenters. The zero-order valence-electron chi connectivity index (χ0n) is 18.6. The minimum Gasteiger partial charge on any atom is -0.488 e. The number of hydrogen-bond donors (Lipinski definition) is 1. The van der Waals surface area contributed by atoms with E-state index in [0.29, 0.717) is 17.1 Å². The molecule has 10 heteroatoms. The Kier molecular flexibility index (Phi) is 8.00. The van der Waals surface area contributed by atoms with Crippen molar-refractivity contribution in [3.05, 3.63) is 79.8 Å². The minimum atomic E-state index is -0.709. The molecule has 0 aliphatic carbocycles. The predicted molar refractivity (Wildman–Crippen MR) is 128 cm³/mol. The molecule has 0 unspecified atom stereocenters. The van der Waals surface area contributed by atoms with Crippen LogP contribution in [0.4, 0.5) is 16.0 Å². The highest BCUT2D eigenvalue weighted by Gasteiger charge is 2.15. The van der Waals surface area contributed by atoms with Crippen molar-refractivity contribution in [1.29, 1.82) is 0 Å². The van der Waals surface area contributed by atoms with Crippen LogP contribution in [0.1, 0.15) is 25.8 Å². The number of hydrogen-bond acceptors (Lipinski definition) is 6. The van der Waals surface area contributed by atoms with Crippen LogP contribution in [0.5, 0.6) is 5.75 Å². The number of nitrogens with one attached hydrogen (secondary N) is 1. The second kappa shape index (κ2) is 10.9. The van der Waals surface area contributed by atoms with Crippen LogP contribution in [-0.4, -0.2) is 33.5 Å². The third kappa shape index (κ3) is 6.29. The fraction of sp³-hybridized carbons (Fsp3) is 0.304. The Morgan fingerprint density at radius 2 is 1.91 bits per heavy atom. The Labute approximate surface area is 195 Å². The van der Waals surface area contributed by atoms with Gasteiger partial charge in [0, 0.05) is 43.0 Å². The van der Waals surface area contributed by atoms with E-state index in [0.717, 1.165) is 10.1 Å². The molecular weight excluding hydrogens is 449 g/mol. The molecule has 0 amide bonds. The summed E-state index contributed by atoms with van der Waals surface area (Å²) in [5.41, 5.74) is -0.161. The van der Waals surface area contributed by atoms with Crippen molar-refractivity contribution in [3.8, 4) is 5.75 Å². The maximum Gasteiger partial charge on any atom is 0.354 e. The van der Waals surface area contributed by atoms with Crippen LogP contribution in [0.2, 0.25) is 5.02 Å². The Morgan fingerprint density at radius 3 is 2.55 bits per heavy atom. The summed E-state index contributed by atoms with van der Waals surface area (Å²) in [6, 6.07) is 11.2. The van der Waals surface area contributed by atoms with Crippen LogP contribution in [0.15, 0.2) is 57.0 Å². The van der Waals surface area contributed by atoms with Gasteiger partial charge in [0.05, 0.1) is 12.6 Å². The lowest BCUT2D eigenvalue weighted by Gasteiger charge is -2.16. The molecule has 1 N–H and O–H groups in total. The number of halogens is 2. The van der Waals surface area contributed by atoms with Crippen molar-refractivity contribution >= 4 is 29.5 Å². The van der Waals surface area contributed by atoms with E-state index in [9.17, 15) is 14.0 Å². The highest BCUT2D eigenvalue weighted by molar-refractivity contribution is 6.30. The van der Waals surface area contributed by atoms with E-state index in [1.807, 2.05) is 0 Å². The summed E-state index contributed by atoms with van der Waals surface area (Å²) in [6.07, 6.45) is 1.84. The van der Waals surface area contributed by atoms with E-state index in [2.05, 4.69) is 15.3 Å². The summed E-state index contributed by atoms with van der Waals surface area (Å²) in [6.45, 7) is 3.86. The van der Waals surface area contributed by atoms with E-state index in [1.165, 1.54) is 16.7 Å². The van der Waals surface area contributed by atoms with E-state index in [4.69, 9.17) is 16.3 Å². The Balaban J connectivity index is 2.02. The van der Waals surface area contributed by atoms with Gasteiger partial charge in [-0.15, -0.1) is 0 Å². The van der Waals surface area contributed by atoms with Gasteiger partial charge in [-0.3, -0.25) is 4.57 Å². The minimum absolute atomic E-state index is 0.00251. The van der Waals surface area contributed by atoms with Gasteiger partial charge in [-0.2, -0.15) is 4.98 Å². The third-order valence-corrected chi connectivity index (χ3v) is 4.87. The zero-order chi connectivity index (χ0) is 24.0.